The molecule has 0 saturated carbocycles. The first-order valence-electron chi connectivity index (χ1n) is 5.39. The average Bonchev–Trinajstić information content (AvgIpc) is 2.14. The van der Waals surface area contributed by atoms with Crippen LogP contribution in [0.25, 0.3) is 0 Å². The number of hydrogen-bond donors (Lipinski definition) is 2. The predicted molar refractivity (Wildman–Crippen MR) is 62.2 cm³/mol. The monoisotopic (exact) mass is 240 g/mol. The van der Waals surface area contributed by atoms with Crippen LogP contribution in [0.5, 0.6) is 0 Å². The van der Waals surface area contributed by atoms with E-state index in [9.17, 15) is 9.18 Å². The van der Waals surface area contributed by atoms with E-state index in [1.807, 2.05) is 20.8 Å². The van der Waals surface area contributed by atoms with Crippen molar-refractivity contribution in [3.05, 3.63) is 29.8 Å². The Morgan fingerprint density at radius 1 is 1.53 bits per heavy atom. The van der Waals surface area contributed by atoms with Crippen molar-refractivity contribution >= 4 is 6.09 Å². The van der Waals surface area contributed by atoms with E-state index >= 15 is 0 Å². The topological polar surface area (TPSA) is 62.2 Å². The number of nitrogens with zero attached hydrogens (tertiary/aromatic N) is 1. The molecule has 94 valence electrons. The molecule has 0 aliphatic heterocycles. The number of amides is 1. The van der Waals surface area contributed by atoms with E-state index in [2.05, 4.69) is 10.3 Å². The Bertz CT molecular complexity index is 384. The number of carboxylic acid groups (broad SMARTS) is 1. The van der Waals surface area contributed by atoms with Crippen LogP contribution in [0, 0.1) is 11.2 Å². The van der Waals surface area contributed by atoms with Crippen LogP contribution in [-0.2, 0) is 0 Å². The Morgan fingerprint density at radius 2 is 2.18 bits per heavy atom. The summed E-state index contributed by atoms with van der Waals surface area (Å²) in [6.45, 7) is 6.02. The SMILES string of the molecule is CC(C)(C)C[C@H](NC(=O)O)c1ccc(F)cn1. The first-order valence-corrected chi connectivity index (χ1v) is 5.39. The van der Waals surface area contributed by atoms with Gasteiger partial charge in [0.15, 0.2) is 0 Å². The molecule has 1 amide bonds. The molecule has 17 heavy (non-hydrogen) atoms. The number of hydrogen-bond acceptors (Lipinski definition) is 2. The van der Waals surface area contributed by atoms with Crippen molar-refractivity contribution in [3.63, 3.8) is 0 Å². The van der Waals surface area contributed by atoms with Crippen LogP contribution >= 0.6 is 0 Å². The molecule has 1 atom stereocenters. The minimum atomic E-state index is -1.11. The van der Waals surface area contributed by atoms with Gasteiger partial charge in [0.05, 0.1) is 17.9 Å². The minimum Gasteiger partial charge on any atom is -0.465 e. The molecule has 0 aliphatic rings. The highest BCUT2D eigenvalue weighted by atomic mass is 19.1. The third-order valence-corrected chi connectivity index (χ3v) is 2.22. The average molecular weight is 240 g/mol. The van der Waals surface area contributed by atoms with E-state index < -0.39 is 18.0 Å². The summed E-state index contributed by atoms with van der Waals surface area (Å²) >= 11 is 0. The molecular weight excluding hydrogens is 223 g/mol. The normalized spacial score (nSPS) is 13.2. The van der Waals surface area contributed by atoms with Gasteiger partial charge in [0.2, 0.25) is 0 Å². The zero-order chi connectivity index (χ0) is 13.1. The second-order valence-corrected chi connectivity index (χ2v) is 5.17. The van der Waals surface area contributed by atoms with Crippen LogP contribution in [0.3, 0.4) is 0 Å². The number of carbonyl (C=O) groups is 1. The van der Waals surface area contributed by atoms with E-state index in [0.29, 0.717) is 12.1 Å². The molecule has 0 saturated heterocycles. The van der Waals surface area contributed by atoms with Crippen molar-refractivity contribution in [2.45, 2.75) is 33.2 Å². The number of nitrogens with one attached hydrogen (secondary N) is 1. The first kappa shape index (κ1) is 13.4. The van der Waals surface area contributed by atoms with Gasteiger partial charge in [0.1, 0.15) is 5.82 Å². The Hall–Kier alpha value is -1.65. The summed E-state index contributed by atoms with van der Waals surface area (Å²) in [5.74, 6) is -0.432. The molecule has 5 heteroatoms. The molecule has 0 spiro atoms. The van der Waals surface area contributed by atoms with Gasteiger partial charge in [0, 0.05) is 0 Å². The number of rotatable bonds is 3. The van der Waals surface area contributed by atoms with E-state index in [4.69, 9.17) is 5.11 Å². The van der Waals surface area contributed by atoms with Gasteiger partial charge in [-0.05, 0) is 24.0 Å². The van der Waals surface area contributed by atoms with Gasteiger partial charge >= 0.3 is 6.09 Å². The molecule has 1 heterocycles. The molecule has 1 aromatic heterocycles. The quantitative estimate of drug-likeness (QED) is 0.853. The second-order valence-electron chi connectivity index (χ2n) is 5.17. The maximum absolute atomic E-state index is 12.8. The standard InChI is InChI=1S/C12H17FN2O2/c1-12(2,3)6-10(15-11(16)17)9-5-4-8(13)7-14-9/h4-5,7,10,15H,6H2,1-3H3,(H,16,17)/t10-/m0/s1. The van der Waals surface area contributed by atoms with Crippen molar-refractivity contribution < 1.29 is 14.3 Å². The van der Waals surface area contributed by atoms with Crippen LogP contribution in [0.2, 0.25) is 0 Å². The molecule has 0 bridgehead atoms. The number of halogens is 1. The molecule has 1 rings (SSSR count). The summed E-state index contributed by atoms with van der Waals surface area (Å²) in [5.41, 5.74) is 0.479. The van der Waals surface area contributed by atoms with Crippen molar-refractivity contribution in [1.82, 2.24) is 10.3 Å². The van der Waals surface area contributed by atoms with Gasteiger partial charge in [-0.1, -0.05) is 20.8 Å². The van der Waals surface area contributed by atoms with Crippen LogP contribution in [-0.4, -0.2) is 16.2 Å². The van der Waals surface area contributed by atoms with Crippen LogP contribution in [0.4, 0.5) is 9.18 Å². The Kier molecular flexibility index (Phi) is 4.04. The third-order valence-electron chi connectivity index (χ3n) is 2.22. The largest absolute Gasteiger partial charge is 0.465 e. The maximum atomic E-state index is 12.8. The van der Waals surface area contributed by atoms with Gasteiger partial charge < -0.3 is 10.4 Å². The zero-order valence-corrected chi connectivity index (χ0v) is 10.2. The maximum Gasteiger partial charge on any atom is 0.405 e. The van der Waals surface area contributed by atoms with Crippen molar-refractivity contribution in [2.24, 2.45) is 5.41 Å². The Labute approximate surface area is 99.9 Å². The fourth-order valence-electron chi connectivity index (χ4n) is 1.58. The molecule has 0 fully saturated rings. The predicted octanol–water partition coefficient (Wildman–Crippen LogP) is 2.97. The van der Waals surface area contributed by atoms with Crippen LogP contribution in [0.1, 0.15) is 38.9 Å². The Balaban J connectivity index is 2.89. The van der Waals surface area contributed by atoms with Gasteiger partial charge in [-0.15, -0.1) is 0 Å². The first-order chi connectivity index (χ1) is 7.78. The van der Waals surface area contributed by atoms with Crippen molar-refractivity contribution in [1.29, 1.82) is 0 Å². The van der Waals surface area contributed by atoms with E-state index in [-0.39, 0.29) is 5.41 Å². The zero-order valence-electron chi connectivity index (χ0n) is 10.2. The molecule has 0 aliphatic carbocycles. The Morgan fingerprint density at radius 3 is 2.59 bits per heavy atom. The molecule has 0 radical (unpaired) electrons. The summed E-state index contributed by atoms with van der Waals surface area (Å²) in [7, 11) is 0. The summed E-state index contributed by atoms with van der Waals surface area (Å²) in [6, 6.07) is 2.36. The van der Waals surface area contributed by atoms with E-state index in [1.165, 1.54) is 12.1 Å². The van der Waals surface area contributed by atoms with Crippen LogP contribution < -0.4 is 5.32 Å². The smallest absolute Gasteiger partial charge is 0.405 e. The highest BCUT2D eigenvalue weighted by Gasteiger charge is 2.22. The summed E-state index contributed by atoms with van der Waals surface area (Å²) in [5, 5.41) is 11.2. The molecule has 1 aromatic rings. The lowest BCUT2D eigenvalue weighted by Crippen LogP contribution is -2.30. The molecule has 4 nitrogen and oxygen atoms in total. The number of aromatic nitrogens is 1. The highest BCUT2D eigenvalue weighted by Crippen LogP contribution is 2.28. The lowest BCUT2D eigenvalue weighted by Gasteiger charge is -2.25. The van der Waals surface area contributed by atoms with Gasteiger partial charge in [-0.3, -0.25) is 4.98 Å². The van der Waals surface area contributed by atoms with E-state index in [1.54, 1.807) is 0 Å². The molecular formula is C12H17FN2O2. The van der Waals surface area contributed by atoms with Crippen molar-refractivity contribution in [2.75, 3.05) is 0 Å². The van der Waals surface area contributed by atoms with E-state index in [0.717, 1.165) is 6.20 Å². The van der Waals surface area contributed by atoms with Gasteiger partial charge in [-0.25, -0.2) is 9.18 Å². The molecule has 0 unspecified atom stereocenters. The third kappa shape index (κ3) is 4.80. The molecule has 2 N–H and O–H groups in total. The van der Waals surface area contributed by atoms with Gasteiger partial charge in [0.25, 0.3) is 0 Å². The summed E-state index contributed by atoms with van der Waals surface area (Å²) in [4.78, 5) is 14.6. The van der Waals surface area contributed by atoms with Gasteiger partial charge in [-0.2, -0.15) is 0 Å². The molecule has 0 aromatic carbocycles. The minimum absolute atomic E-state index is 0.0524. The summed E-state index contributed by atoms with van der Waals surface area (Å²) < 4.78 is 12.8. The second kappa shape index (κ2) is 5.12. The van der Waals surface area contributed by atoms with Crippen molar-refractivity contribution in [3.8, 4) is 0 Å². The fourth-order valence-corrected chi connectivity index (χ4v) is 1.58. The fraction of sp³-hybridized carbons (Fsp3) is 0.500. The lowest BCUT2D eigenvalue weighted by atomic mass is 9.87. The highest BCUT2D eigenvalue weighted by molar-refractivity contribution is 5.65. The van der Waals surface area contributed by atoms with Crippen LogP contribution in [0.15, 0.2) is 18.3 Å². The summed E-state index contributed by atoms with van der Waals surface area (Å²) in [6.07, 6.45) is 0.581. The lowest BCUT2D eigenvalue weighted by molar-refractivity contribution is 0.184. The number of pyridine rings is 1.